The predicted molar refractivity (Wildman–Crippen MR) is 81.7 cm³/mol. The van der Waals surface area contributed by atoms with Crippen molar-refractivity contribution in [2.24, 2.45) is 0 Å². The molecule has 0 fully saturated rings. The number of carboxylic acid groups (broad SMARTS) is 1. The van der Waals surface area contributed by atoms with Crippen molar-refractivity contribution in [3.05, 3.63) is 58.6 Å². The van der Waals surface area contributed by atoms with E-state index in [2.05, 4.69) is 21.2 Å². The van der Waals surface area contributed by atoms with Gasteiger partial charge in [-0.2, -0.15) is 0 Å². The van der Waals surface area contributed by atoms with Crippen LogP contribution in [0.3, 0.4) is 0 Å². The van der Waals surface area contributed by atoms with E-state index >= 15 is 0 Å². The van der Waals surface area contributed by atoms with Gasteiger partial charge in [-0.15, -0.1) is 0 Å². The number of carbonyl (C=O) groups excluding carboxylic acids is 1. The molecule has 21 heavy (non-hydrogen) atoms. The van der Waals surface area contributed by atoms with E-state index in [4.69, 9.17) is 9.84 Å². The minimum atomic E-state index is -1.07. The normalized spacial score (nSPS) is 9.95. The molecule has 5 nitrogen and oxygen atoms in total. The number of aromatic carboxylic acids is 1. The molecule has 6 heteroatoms. The summed E-state index contributed by atoms with van der Waals surface area (Å²) >= 11 is 3.14. The molecule has 0 atom stereocenters. The average Bonchev–Trinajstić information content (AvgIpc) is 2.48. The van der Waals surface area contributed by atoms with Gasteiger partial charge in [-0.1, -0.05) is 18.2 Å². The molecule has 0 saturated carbocycles. The van der Waals surface area contributed by atoms with Crippen LogP contribution in [0.1, 0.15) is 10.4 Å². The second-order valence-electron chi connectivity index (χ2n) is 4.15. The third-order valence-electron chi connectivity index (χ3n) is 2.59. The molecular formula is C15H12BrNO4. The van der Waals surface area contributed by atoms with Crippen LogP contribution in [0.5, 0.6) is 5.75 Å². The Morgan fingerprint density at radius 1 is 1.14 bits per heavy atom. The molecule has 2 N–H and O–H groups in total. The summed E-state index contributed by atoms with van der Waals surface area (Å²) < 4.78 is 5.76. The zero-order valence-corrected chi connectivity index (χ0v) is 12.5. The van der Waals surface area contributed by atoms with Crippen molar-refractivity contribution in [1.29, 1.82) is 0 Å². The monoisotopic (exact) mass is 349 g/mol. The molecule has 0 saturated heterocycles. The fourth-order valence-corrected chi connectivity index (χ4v) is 2.05. The number of benzene rings is 2. The standard InChI is InChI=1S/C15H12BrNO4/c16-13-7-6-10(8-12(13)15(19)20)17-14(18)9-21-11-4-2-1-3-5-11/h1-8H,9H2,(H,17,18)(H,19,20). The lowest BCUT2D eigenvalue weighted by molar-refractivity contribution is -0.118. The number of carbonyl (C=O) groups is 2. The fourth-order valence-electron chi connectivity index (χ4n) is 1.63. The van der Waals surface area contributed by atoms with Crippen molar-refractivity contribution in [2.45, 2.75) is 0 Å². The smallest absolute Gasteiger partial charge is 0.336 e. The Hall–Kier alpha value is -2.34. The van der Waals surface area contributed by atoms with Gasteiger partial charge in [0.2, 0.25) is 0 Å². The van der Waals surface area contributed by atoms with Crippen LogP contribution >= 0.6 is 15.9 Å². The van der Waals surface area contributed by atoms with E-state index in [-0.39, 0.29) is 18.1 Å². The Bertz CT molecular complexity index is 658. The number of ether oxygens (including phenoxy) is 1. The fraction of sp³-hybridized carbons (Fsp3) is 0.0667. The van der Waals surface area contributed by atoms with Gasteiger partial charge in [-0.05, 0) is 46.3 Å². The Kier molecular flexibility index (Phi) is 4.94. The summed E-state index contributed by atoms with van der Waals surface area (Å²) in [4.78, 5) is 22.8. The Morgan fingerprint density at radius 2 is 1.86 bits per heavy atom. The summed E-state index contributed by atoms with van der Waals surface area (Å²) in [6.45, 7) is -0.150. The van der Waals surface area contributed by atoms with E-state index in [0.29, 0.717) is 15.9 Å². The first-order valence-corrected chi connectivity index (χ1v) is 6.86. The molecule has 0 aliphatic rings. The maximum atomic E-state index is 11.8. The van der Waals surface area contributed by atoms with Crippen LogP contribution in [0.4, 0.5) is 5.69 Å². The van der Waals surface area contributed by atoms with E-state index < -0.39 is 5.97 Å². The highest BCUT2D eigenvalue weighted by Crippen LogP contribution is 2.21. The molecule has 2 aromatic rings. The predicted octanol–water partition coefficient (Wildman–Crippen LogP) is 3.16. The first-order chi connectivity index (χ1) is 10.1. The second-order valence-corrected chi connectivity index (χ2v) is 5.00. The summed E-state index contributed by atoms with van der Waals surface area (Å²) in [6, 6.07) is 13.5. The second kappa shape index (κ2) is 6.90. The van der Waals surface area contributed by atoms with Crippen LogP contribution in [0.25, 0.3) is 0 Å². The molecule has 0 bridgehead atoms. The van der Waals surface area contributed by atoms with Gasteiger partial charge in [0.1, 0.15) is 5.75 Å². The van der Waals surface area contributed by atoms with Gasteiger partial charge in [0.15, 0.2) is 6.61 Å². The van der Waals surface area contributed by atoms with Gasteiger partial charge in [0.25, 0.3) is 5.91 Å². The van der Waals surface area contributed by atoms with Crippen molar-refractivity contribution < 1.29 is 19.4 Å². The van der Waals surface area contributed by atoms with Crippen molar-refractivity contribution >= 4 is 33.5 Å². The largest absolute Gasteiger partial charge is 0.484 e. The topological polar surface area (TPSA) is 75.6 Å². The molecule has 0 heterocycles. The number of para-hydroxylation sites is 1. The maximum absolute atomic E-state index is 11.8. The Morgan fingerprint density at radius 3 is 2.52 bits per heavy atom. The van der Waals surface area contributed by atoms with Gasteiger partial charge in [-0.3, -0.25) is 4.79 Å². The Balaban J connectivity index is 1.97. The van der Waals surface area contributed by atoms with Crippen LogP contribution in [-0.2, 0) is 4.79 Å². The van der Waals surface area contributed by atoms with Crippen LogP contribution in [0.2, 0.25) is 0 Å². The lowest BCUT2D eigenvalue weighted by Crippen LogP contribution is -2.20. The molecule has 0 aliphatic heterocycles. The van der Waals surface area contributed by atoms with Crippen LogP contribution in [-0.4, -0.2) is 23.6 Å². The molecule has 108 valence electrons. The van der Waals surface area contributed by atoms with Crippen LogP contribution in [0.15, 0.2) is 53.0 Å². The zero-order valence-electron chi connectivity index (χ0n) is 10.9. The molecule has 0 spiro atoms. The number of halogens is 1. The average molecular weight is 350 g/mol. The van der Waals surface area contributed by atoms with Gasteiger partial charge >= 0.3 is 5.97 Å². The molecule has 0 unspecified atom stereocenters. The summed E-state index contributed by atoms with van der Waals surface area (Å²) in [5, 5.41) is 11.6. The minimum Gasteiger partial charge on any atom is -0.484 e. The summed E-state index contributed by atoms with van der Waals surface area (Å²) in [6.07, 6.45) is 0. The van der Waals surface area contributed by atoms with E-state index in [9.17, 15) is 9.59 Å². The van der Waals surface area contributed by atoms with Gasteiger partial charge in [-0.25, -0.2) is 4.79 Å². The lowest BCUT2D eigenvalue weighted by Gasteiger charge is -2.08. The van der Waals surface area contributed by atoms with E-state index in [1.54, 1.807) is 36.4 Å². The first kappa shape index (κ1) is 15.1. The van der Waals surface area contributed by atoms with E-state index in [1.807, 2.05) is 6.07 Å². The molecule has 0 aromatic heterocycles. The zero-order chi connectivity index (χ0) is 15.2. The number of carboxylic acids is 1. The molecule has 2 aromatic carbocycles. The third-order valence-corrected chi connectivity index (χ3v) is 3.29. The summed E-state index contributed by atoms with van der Waals surface area (Å²) in [5.74, 6) is -0.842. The number of nitrogens with one attached hydrogen (secondary N) is 1. The van der Waals surface area contributed by atoms with Crippen molar-refractivity contribution in [3.63, 3.8) is 0 Å². The molecule has 0 aliphatic carbocycles. The maximum Gasteiger partial charge on any atom is 0.336 e. The van der Waals surface area contributed by atoms with E-state index in [1.165, 1.54) is 6.07 Å². The minimum absolute atomic E-state index is 0.0803. The van der Waals surface area contributed by atoms with E-state index in [0.717, 1.165) is 0 Å². The highest BCUT2D eigenvalue weighted by molar-refractivity contribution is 9.10. The highest BCUT2D eigenvalue weighted by Gasteiger charge is 2.10. The Labute approximate surface area is 129 Å². The summed E-state index contributed by atoms with van der Waals surface area (Å²) in [7, 11) is 0. The van der Waals surface area contributed by atoms with Crippen molar-refractivity contribution in [3.8, 4) is 5.75 Å². The number of amides is 1. The van der Waals surface area contributed by atoms with Gasteiger partial charge in [0, 0.05) is 10.2 Å². The molecular weight excluding hydrogens is 338 g/mol. The number of hydrogen-bond donors (Lipinski definition) is 2. The number of hydrogen-bond acceptors (Lipinski definition) is 3. The molecule has 2 rings (SSSR count). The lowest BCUT2D eigenvalue weighted by atomic mass is 10.2. The molecule has 0 radical (unpaired) electrons. The van der Waals surface area contributed by atoms with Gasteiger partial charge in [0.05, 0.1) is 5.56 Å². The first-order valence-electron chi connectivity index (χ1n) is 6.07. The van der Waals surface area contributed by atoms with Crippen LogP contribution in [0, 0.1) is 0 Å². The third kappa shape index (κ3) is 4.32. The quantitative estimate of drug-likeness (QED) is 0.869. The number of anilines is 1. The molecule has 1 amide bonds. The number of rotatable bonds is 5. The summed E-state index contributed by atoms with van der Waals surface area (Å²) in [5.41, 5.74) is 0.481. The van der Waals surface area contributed by atoms with Crippen LogP contribution < -0.4 is 10.1 Å². The SMILES string of the molecule is O=C(COc1ccccc1)Nc1ccc(Br)c(C(=O)O)c1. The van der Waals surface area contributed by atoms with Crippen molar-refractivity contribution in [2.75, 3.05) is 11.9 Å². The highest BCUT2D eigenvalue weighted by atomic mass is 79.9. The van der Waals surface area contributed by atoms with Gasteiger partial charge < -0.3 is 15.2 Å². The van der Waals surface area contributed by atoms with Crippen molar-refractivity contribution in [1.82, 2.24) is 0 Å².